The molecule has 7 heteroatoms. The standard InChI is InChI=1S/C12H13Cl2N3O2/c1-7(18)19-12-5-16-10(12)4-17(6-12)8-2-9(13)11(14)15-3-8/h2-3,10,16H,4-6H2,1H3/t10-,12+/m1/s1. The van der Waals surface area contributed by atoms with Gasteiger partial charge in [-0.2, -0.15) is 0 Å². The summed E-state index contributed by atoms with van der Waals surface area (Å²) in [6.45, 7) is 3.52. The van der Waals surface area contributed by atoms with Crippen molar-refractivity contribution in [2.75, 3.05) is 24.5 Å². The van der Waals surface area contributed by atoms with E-state index in [1.807, 2.05) is 0 Å². The lowest BCUT2D eigenvalue weighted by Gasteiger charge is -2.43. The van der Waals surface area contributed by atoms with Gasteiger partial charge in [-0.1, -0.05) is 23.2 Å². The van der Waals surface area contributed by atoms with Crippen LogP contribution in [0.25, 0.3) is 0 Å². The molecule has 1 N–H and O–H groups in total. The third-order valence-electron chi connectivity index (χ3n) is 3.64. The van der Waals surface area contributed by atoms with E-state index in [0.29, 0.717) is 23.3 Å². The summed E-state index contributed by atoms with van der Waals surface area (Å²) in [7, 11) is 0. The van der Waals surface area contributed by atoms with E-state index in [2.05, 4.69) is 15.2 Å². The van der Waals surface area contributed by atoms with Gasteiger partial charge >= 0.3 is 5.97 Å². The van der Waals surface area contributed by atoms with Gasteiger partial charge in [-0.15, -0.1) is 0 Å². The Balaban J connectivity index is 1.81. The summed E-state index contributed by atoms with van der Waals surface area (Å²) in [6, 6.07) is 1.94. The van der Waals surface area contributed by atoms with Crippen molar-refractivity contribution in [2.24, 2.45) is 0 Å². The SMILES string of the molecule is CC(=O)O[C@]12CN[C@@H]1CN(c1cnc(Cl)c(Cl)c1)C2. The number of carbonyl (C=O) groups is 1. The van der Waals surface area contributed by atoms with Gasteiger partial charge in [0.25, 0.3) is 0 Å². The van der Waals surface area contributed by atoms with E-state index < -0.39 is 5.60 Å². The summed E-state index contributed by atoms with van der Waals surface area (Å²) in [4.78, 5) is 17.3. The fourth-order valence-corrected chi connectivity index (χ4v) is 2.95. The maximum absolute atomic E-state index is 11.2. The Kier molecular flexibility index (Phi) is 3.08. The minimum atomic E-state index is -0.419. The van der Waals surface area contributed by atoms with Gasteiger partial charge < -0.3 is 15.0 Å². The van der Waals surface area contributed by atoms with E-state index in [4.69, 9.17) is 27.9 Å². The highest BCUT2D eigenvalue weighted by Gasteiger charge is 2.56. The Morgan fingerprint density at radius 2 is 2.42 bits per heavy atom. The number of rotatable bonds is 2. The highest BCUT2D eigenvalue weighted by atomic mass is 35.5. The number of aromatic nitrogens is 1. The van der Waals surface area contributed by atoms with Crippen molar-refractivity contribution >= 4 is 34.9 Å². The lowest BCUT2D eigenvalue weighted by Crippen LogP contribution is -2.69. The van der Waals surface area contributed by atoms with Crippen LogP contribution in [0.2, 0.25) is 10.2 Å². The molecule has 1 aromatic rings. The molecular formula is C12H13Cl2N3O2. The summed E-state index contributed by atoms with van der Waals surface area (Å²) in [5.74, 6) is -0.249. The number of pyridine rings is 1. The molecule has 2 aliphatic heterocycles. The first kappa shape index (κ1) is 13.0. The van der Waals surface area contributed by atoms with Gasteiger partial charge in [0.1, 0.15) is 5.15 Å². The Morgan fingerprint density at radius 3 is 3.00 bits per heavy atom. The maximum atomic E-state index is 11.2. The van der Waals surface area contributed by atoms with Gasteiger partial charge in [0, 0.05) is 20.0 Å². The third kappa shape index (κ3) is 2.16. The molecule has 0 radical (unpaired) electrons. The second kappa shape index (κ2) is 4.51. The van der Waals surface area contributed by atoms with Crippen LogP contribution in [-0.2, 0) is 9.53 Å². The number of nitrogens with zero attached hydrogens (tertiary/aromatic N) is 2. The lowest BCUT2D eigenvalue weighted by molar-refractivity contribution is -0.164. The molecule has 2 aliphatic rings. The molecule has 0 saturated carbocycles. The number of anilines is 1. The van der Waals surface area contributed by atoms with Crippen molar-refractivity contribution in [3.05, 3.63) is 22.4 Å². The van der Waals surface area contributed by atoms with Crippen LogP contribution in [0.3, 0.4) is 0 Å². The molecule has 2 atom stereocenters. The average Bonchev–Trinajstić information content (AvgIpc) is 2.57. The number of hydrogen-bond acceptors (Lipinski definition) is 5. The van der Waals surface area contributed by atoms with Crippen molar-refractivity contribution in [3.8, 4) is 0 Å². The third-order valence-corrected chi connectivity index (χ3v) is 4.32. The van der Waals surface area contributed by atoms with Gasteiger partial charge in [0.2, 0.25) is 0 Å². The second-order valence-electron chi connectivity index (χ2n) is 4.94. The quantitative estimate of drug-likeness (QED) is 0.662. The Hall–Kier alpha value is -1.04. The Labute approximate surface area is 120 Å². The first-order valence-electron chi connectivity index (χ1n) is 5.99. The predicted octanol–water partition coefficient (Wildman–Crippen LogP) is 1.48. The van der Waals surface area contributed by atoms with Crippen LogP contribution in [0.15, 0.2) is 12.3 Å². The first-order chi connectivity index (χ1) is 9.00. The first-order valence-corrected chi connectivity index (χ1v) is 6.75. The van der Waals surface area contributed by atoms with Crippen LogP contribution in [0.5, 0.6) is 0 Å². The molecule has 3 heterocycles. The summed E-state index contributed by atoms with van der Waals surface area (Å²) < 4.78 is 5.48. The minimum absolute atomic E-state index is 0.158. The number of fused-ring (bicyclic) bond motifs is 1. The molecule has 5 nitrogen and oxygen atoms in total. The minimum Gasteiger partial charge on any atom is -0.454 e. The molecule has 102 valence electrons. The smallest absolute Gasteiger partial charge is 0.303 e. The second-order valence-corrected chi connectivity index (χ2v) is 5.70. The van der Waals surface area contributed by atoms with Crippen molar-refractivity contribution in [1.82, 2.24) is 10.3 Å². The number of esters is 1. The van der Waals surface area contributed by atoms with Crippen LogP contribution in [0.1, 0.15) is 6.92 Å². The fourth-order valence-electron chi connectivity index (χ4n) is 2.69. The molecule has 3 rings (SSSR count). The van der Waals surface area contributed by atoms with Crippen LogP contribution >= 0.6 is 23.2 Å². The topological polar surface area (TPSA) is 54.5 Å². The summed E-state index contributed by atoms with van der Waals surface area (Å²) in [5.41, 5.74) is 0.468. The molecule has 0 amide bonds. The normalized spacial score (nSPS) is 28.8. The molecule has 1 aromatic heterocycles. The number of carbonyl (C=O) groups excluding carboxylic acids is 1. The Bertz CT molecular complexity index is 540. The zero-order chi connectivity index (χ0) is 13.6. The Morgan fingerprint density at radius 1 is 1.63 bits per heavy atom. The molecule has 0 unspecified atom stereocenters. The molecule has 19 heavy (non-hydrogen) atoms. The highest BCUT2D eigenvalue weighted by Crippen LogP contribution is 2.36. The molecule has 0 aromatic carbocycles. The van der Waals surface area contributed by atoms with Gasteiger partial charge in [-0.05, 0) is 6.07 Å². The van der Waals surface area contributed by atoms with E-state index in [1.165, 1.54) is 6.92 Å². The maximum Gasteiger partial charge on any atom is 0.303 e. The van der Waals surface area contributed by atoms with E-state index >= 15 is 0 Å². The molecule has 2 fully saturated rings. The van der Waals surface area contributed by atoms with Crippen molar-refractivity contribution < 1.29 is 9.53 Å². The fraction of sp³-hybridized carbons (Fsp3) is 0.500. The summed E-state index contributed by atoms with van der Waals surface area (Å²) in [6.07, 6.45) is 1.68. The number of nitrogens with one attached hydrogen (secondary N) is 1. The van der Waals surface area contributed by atoms with E-state index in [1.54, 1.807) is 12.3 Å². The van der Waals surface area contributed by atoms with Crippen LogP contribution in [0.4, 0.5) is 5.69 Å². The van der Waals surface area contributed by atoms with Crippen molar-refractivity contribution in [3.63, 3.8) is 0 Å². The molecule has 0 bridgehead atoms. The van der Waals surface area contributed by atoms with Gasteiger partial charge in [-0.25, -0.2) is 4.98 Å². The van der Waals surface area contributed by atoms with Crippen molar-refractivity contribution in [1.29, 1.82) is 0 Å². The van der Waals surface area contributed by atoms with Gasteiger partial charge in [0.05, 0.1) is 29.5 Å². The molecule has 0 spiro atoms. The zero-order valence-corrected chi connectivity index (χ0v) is 11.8. The van der Waals surface area contributed by atoms with Gasteiger partial charge in [0.15, 0.2) is 5.60 Å². The van der Waals surface area contributed by atoms with Crippen molar-refractivity contribution in [2.45, 2.75) is 18.6 Å². The highest BCUT2D eigenvalue weighted by molar-refractivity contribution is 6.41. The van der Waals surface area contributed by atoms with Crippen LogP contribution in [0, 0.1) is 0 Å². The van der Waals surface area contributed by atoms with Gasteiger partial charge in [-0.3, -0.25) is 4.79 Å². The van der Waals surface area contributed by atoms with Crippen LogP contribution < -0.4 is 10.2 Å². The number of hydrogen-bond donors (Lipinski definition) is 1. The molecule has 2 saturated heterocycles. The van der Waals surface area contributed by atoms with E-state index in [-0.39, 0.29) is 12.0 Å². The molecular weight excluding hydrogens is 289 g/mol. The largest absolute Gasteiger partial charge is 0.454 e. The zero-order valence-electron chi connectivity index (χ0n) is 10.3. The van der Waals surface area contributed by atoms with E-state index in [9.17, 15) is 4.79 Å². The summed E-state index contributed by atoms with van der Waals surface area (Å²) in [5, 5.41) is 4.00. The number of ether oxygens (including phenoxy) is 1. The van der Waals surface area contributed by atoms with Crippen LogP contribution in [-0.4, -0.2) is 42.2 Å². The molecule has 0 aliphatic carbocycles. The lowest BCUT2D eigenvalue weighted by atomic mass is 9.89. The predicted molar refractivity (Wildman–Crippen MR) is 72.8 cm³/mol. The average molecular weight is 302 g/mol. The monoisotopic (exact) mass is 301 g/mol. The van der Waals surface area contributed by atoms with E-state index in [0.717, 1.165) is 12.2 Å². The number of halogens is 2. The summed E-state index contributed by atoms with van der Waals surface area (Å²) >= 11 is 11.8.